The van der Waals surface area contributed by atoms with E-state index in [1.165, 1.54) is 11.1 Å². The summed E-state index contributed by atoms with van der Waals surface area (Å²) in [5, 5.41) is 3.03. The molecule has 3 aliphatic rings. The van der Waals surface area contributed by atoms with Gasteiger partial charge in [-0.15, -0.1) is 0 Å². The number of morpholine rings is 1. The second kappa shape index (κ2) is 11.6. The van der Waals surface area contributed by atoms with E-state index in [9.17, 15) is 14.4 Å². The molecule has 1 atom stereocenters. The zero-order chi connectivity index (χ0) is 26.6. The molecule has 2 fully saturated rings. The van der Waals surface area contributed by atoms with Crippen LogP contribution >= 0.6 is 0 Å². The van der Waals surface area contributed by atoms with E-state index < -0.39 is 0 Å². The number of nitrogens with one attached hydrogen (secondary N) is 1. The fourth-order valence-electron chi connectivity index (χ4n) is 5.70. The van der Waals surface area contributed by atoms with Crippen LogP contribution in [0.5, 0.6) is 0 Å². The third kappa shape index (κ3) is 6.05. The van der Waals surface area contributed by atoms with E-state index in [2.05, 4.69) is 35.9 Å². The van der Waals surface area contributed by atoms with Crippen LogP contribution < -0.4 is 5.32 Å². The van der Waals surface area contributed by atoms with Crippen molar-refractivity contribution in [2.75, 3.05) is 26.3 Å². The first-order valence-electron chi connectivity index (χ1n) is 13.6. The minimum Gasteiger partial charge on any atom is -0.379 e. The molecule has 1 N–H and O–H groups in total. The maximum atomic E-state index is 13.1. The van der Waals surface area contributed by atoms with Gasteiger partial charge in [-0.1, -0.05) is 42.5 Å². The predicted octanol–water partition coefficient (Wildman–Crippen LogP) is 3.71. The normalized spacial score (nSPS) is 20.4. The average molecular weight is 516 g/mol. The number of hydrogen-bond donors (Lipinski definition) is 1. The Bertz CT molecular complexity index is 1250. The molecular formula is C31H37N3O4. The van der Waals surface area contributed by atoms with Crippen molar-refractivity contribution < 1.29 is 19.1 Å². The number of ketones is 1. The highest BCUT2D eigenvalue weighted by atomic mass is 16.5. The van der Waals surface area contributed by atoms with Crippen LogP contribution in [0.4, 0.5) is 0 Å². The number of fused-ring (bicyclic) bond motifs is 1. The standard InChI is InChI=1S/C31H37N3O4/c1-21-4-3-5-28(29(35)14-21)34-20-26-16-24(8-9-27(26)31(34)37)18-32-30(36)17-23-7-6-22(2)25(15-23)19-33-10-12-38-13-11-33/h6-9,15-16,28H,1,3-5,10-14,17-20H2,2H3,(H,32,36). The summed E-state index contributed by atoms with van der Waals surface area (Å²) in [5.41, 5.74) is 6.97. The van der Waals surface area contributed by atoms with Crippen LogP contribution in [0.3, 0.4) is 0 Å². The molecule has 1 unspecified atom stereocenters. The van der Waals surface area contributed by atoms with Crippen LogP contribution in [0.25, 0.3) is 0 Å². The molecule has 200 valence electrons. The van der Waals surface area contributed by atoms with Gasteiger partial charge in [0, 0.05) is 44.7 Å². The van der Waals surface area contributed by atoms with E-state index in [4.69, 9.17) is 4.74 Å². The average Bonchev–Trinajstić information content (AvgIpc) is 3.12. The molecule has 2 aliphatic heterocycles. The van der Waals surface area contributed by atoms with E-state index in [0.29, 0.717) is 37.9 Å². The fourth-order valence-corrected chi connectivity index (χ4v) is 5.70. The Morgan fingerprint density at radius 3 is 2.71 bits per heavy atom. The lowest BCUT2D eigenvalue weighted by Gasteiger charge is -2.27. The van der Waals surface area contributed by atoms with Gasteiger partial charge in [0.05, 0.1) is 25.7 Å². The number of Topliss-reactive ketones (excluding diaryl/α,β-unsaturated/α-hetero) is 1. The number of carbonyl (C=O) groups is 3. The zero-order valence-corrected chi connectivity index (χ0v) is 22.3. The smallest absolute Gasteiger partial charge is 0.255 e. The molecule has 1 aliphatic carbocycles. The van der Waals surface area contributed by atoms with Gasteiger partial charge in [0.1, 0.15) is 0 Å². The summed E-state index contributed by atoms with van der Waals surface area (Å²) < 4.78 is 5.45. The Balaban J connectivity index is 1.17. The van der Waals surface area contributed by atoms with Gasteiger partial charge in [0.25, 0.3) is 5.91 Å². The molecule has 0 radical (unpaired) electrons. The third-order valence-corrected chi connectivity index (χ3v) is 7.95. The lowest BCUT2D eigenvalue weighted by molar-refractivity contribution is -0.123. The molecule has 0 bridgehead atoms. The number of carbonyl (C=O) groups excluding carboxylic acids is 3. The van der Waals surface area contributed by atoms with Gasteiger partial charge in [-0.2, -0.15) is 0 Å². The lowest BCUT2D eigenvalue weighted by Crippen LogP contribution is -2.40. The van der Waals surface area contributed by atoms with Crippen LogP contribution in [0.15, 0.2) is 48.6 Å². The summed E-state index contributed by atoms with van der Waals surface area (Å²) >= 11 is 0. The van der Waals surface area contributed by atoms with E-state index in [0.717, 1.165) is 68.0 Å². The minimum absolute atomic E-state index is 0.0336. The third-order valence-electron chi connectivity index (χ3n) is 7.95. The van der Waals surface area contributed by atoms with Gasteiger partial charge < -0.3 is 15.0 Å². The van der Waals surface area contributed by atoms with Gasteiger partial charge in [-0.3, -0.25) is 19.3 Å². The van der Waals surface area contributed by atoms with Crippen molar-refractivity contribution in [1.82, 2.24) is 15.1 Å². The lowest BCUT2D eigenvalue weighted by atomic mass is 10.0. The van der Waals surface area contributed by atoms with Crippen LogP contribution in [0.2, 0.25) is 0 Å². The summed E-state index contributed by atoms with van der Waals surface area (Å²) in [7, 11) is 0. The van der Waals surface area contributed by atoms with Crippen LogP contribution in [0, 0.1) is 6.92 Å². The molecule has 1 saturated heterocycles. The predicted molar refractivity (Wildman–Crippen MR) is 146 cm³/mol. The highest BCUT2D eigenvalue weighted by molar-refractivity contribution is 6.01. The van der Waals surface area contributed by atoms with E-state index in [1.807, 2.05) is 24.3 Å². The van der Waals surface area contributed by atoms with Gasteiger partial charge in [0.15, 0.2) is 5.78 Å². The molecule has 0 spiro atoms. The molecule has 5 rings (SSSR count). The summed E-state index contributed by atoms with van der Waals surface area (Å²) in [5.74, 6) is -0.0206. The first-order chi connectivity index (χ1) is 18.4. The van der Waals surface area contributed by atoms with E-state index in [1.54, 1.807) is 4.90 Å². The highest BCUT2D eigenvalue weighted by Crippen LogP contribution is 2.30. The second-order valence-electron chi connectivity index (χ2n) is 10.8. The van der Waals surface area contributed by atoms with Crippen molar-refractivity contribution in [3.63, 3.8) is 0 Å². The number of nitrogens with zero attached hydrogens (tertiary/aromatic N) is 2. The number of benzene rings is 2. The van der Waals surface area contributed by atoms with E-state index >= 15 is 0 Å². The molecule has 2 aromatic carbocycles. The highest BCUT2D eigenvalue weighted by Gasteiger charge is 2.36. The summed E-state index contributed by atoms with van der Waals surface area (Å²) in [6.45, 7) is 11.2. The maximum absolute atomic E-state index is 13.1. The monoisotopic (exact) mass is 515 g/mol. The molecule has 38 heavy (non-hydrogen) atoms. The van der Waals surface area contributed by atoms with Crippen LogP contribution in [-0.4, -0.2) is 59.7 Å². The topological polar surface area (TPSA) is 79.0 Å². The Hall–Kier alpha value is -3.29. The molecule has 7 nitrogen and oxygen atoms in total. The van der Waals surface area contributed by atoms with Gasteiger partial charge >= 0.3 is 0 Å². The summed E-state index contributed by atoms with van der Waals surface area (Å²) in [4.78, 5) is 42.7. The van der Waals surface area contributed by atoms with Crippen molar-refractivity contribution in [2.24, 2.45) is 0 Å². The number of allylic oxidation sites excluding steroid dienone is 1. The largest absolute Gasteiger partial charge is 0.379 e. The summed E-state index contributed by atoms with van der Waals surface area (Å²) in [6.07, 6.45) is 3.09. The Morgan fingerprint density at radius 1 is 1.11 bits per heavy atom. The van der Waals surface area contributed by atoms with Gasteiger partial charge in [0.2, 0.25) is 5.91 Å². The van der Waals surface area contributed by atoms with Crippen molar-refractivity contribution in [2.45, 2.75) is 64.7 Å². The molecule has 2 aromatic rings. The van der Waals surface area contributed by atoms with Crippen molar-refractivity contribution in [3.05, 3.63) is 81.9 Å². The second-order valence-corrected chi connectivity index (χ2v) is 10.8. The Labute approximate surface area is 224 Å². The van der Waals surface area contributed by atoms with Crippen LogP contribution in [-0.2, 0) is 40.4 Å². The summed E-state index contributed by atoms with van der Waals surface area (Å²) in [6, 6.07) is 11.6. The molecule has 2 heterocycles. The Kier molecular flexibility index (Phi) is 8.05. The first kappa shape index (κ1) is 26.3. The van der Waals surface area contributed by atoms with Crippen LogP contribution in [0.1, 0.15) is 63.9 Å². The van der Waals surface area contributed by atoms with E-state index in [-0.39, 0.29) is 23.6 Å². The maximum Gasteiger partial charge on any atom is 0.255 e. The number of rotatable bonds is 7. The molecular weight excluding hydrogens is 478 g/mol. The molecule has 1 saturated carbocycles. The molecule has 2 amide bonds. The quantitative estimate of drug-likeness (QED) is 0.449. The first-order valence-corrected chi connectivity index (χ1v) is 13.6. The molecule has 0 aromatic heterocycles. The fraction of sp³-hybridized carbons (Fsp3) is 0.452. The van der Waals surface area contributed by atoms with Crippen molar-refractivity contribution >= 4 is 17.6 Å². The van der Waals surface area contributed by atoms with Crippen molar-refractivity contribution in [1.29, 1.82) is 0 Å². The van der Waals surface area contributed by atoms with Gasteiger partial charge in [-0.25, -0.2) is 0 Å². The molecule has 7 heteroatoms. The Morgan fingerprint density at radius 2 is 1.89 bits per heavy atom. The number of ether oxygens (including phenoxy) is 1. The SMILES string of the molecule is C=C1CCCC(N2Cc3cc(CNC(=O)Cc4ccc(C)c(CN5CCOCC5)c4)ccc3C2=O)C(=O)C1. The number of amides is 2. The van der Waals surface area contributed by atoms with Crippen molar-refractivity contribution in [3.8, 4) is 0 Å². The number of aryl methyl sites for hydroxylation is 1. The number of hydrogen-bond acceptors (Lipinski definition) is 5. The van der Waals surface area contributed by atoms with Gasteiger partial charge in [-0.05, 0) is 60.1 Å². The minimum atomic E-state index is -0.375. The zero-order valence-electron chi connectivity index (χ0n) is 22.3.